The third-order valence-corrected chi connectivity index (χ3v) is 3.73. The van der Waals surface area contributed by atoms with Gasteiger partial charge in [0.1, 0.15) is 9.84 Å². The van der Waals surface area contributed by atoms with Crippen molar-refractivity contribution in [3.8, 4) is 0 Å². The van der Waals surface area contributed by atoms with Crippen molar-refractivity contribution in [1.82, 2.24) is 10.6 Å². The molecule has 0 rings (SSSR count). The summed E-state index contributed by atoms with van der Waals surface area (Å²) in [4.78, 5) is 4.36. The minimum atomic E-state index is -2.96. The van der Waals surface area contributed by atoms with Crippen molar-refractivity contribution < 1.29 is 17.9 Å². The lowest BCUT2D eigenvalue weighted by Gasteiger charge is -2.12. The Hall–Kier alpha value is -0.130. The summed E-state index contributed by atoms with van der Waals surface area (Å²) in [6.07, 6.45) is 2.27. The Morgan fingerprint density at radius 2 is 1.75 bits per heavy atom. The predicted octanol–water partition coefficient (Wildman–Crippen LogP) is 1.28. The summed E-state index contributed by atoms with van der Waals surface area (Å²) in [6.45, 7) is 10.3. The number of hydrogen-bond acceptors (Lipinski definition) is 5. The molecule has 0 aromatic carbocycles. The van der Waals surface area contributed by atoms with Crippen molar-refractivity contribution in [2.24, 2.45) is 10.9 Å². The standard InChI is InChI=1S/C15H33N3O4S.HI/c1-5-16-15(17-7-10-21-9-6-14(2)3)18-8-11-22-12-13-23(4,19)20;/h14H,5-13H2,1-4H3,(H2,16,17,18);1H. The van der Waals surface area contributed by atoms with Crippen LogP contribution in [0.4, 0.5) is 0 Å². The van der Waals surface area contributed by atoms with E-state index in [-0.39, 0.29) is 36.3 Å². The highest BCUT2D eigenvalue weighted by Gasteiger charge is 2.01. The van der Waals surface area contributed by atoms with Gasteiger partial charge < -0.3 is 20.1 Å². The molecule has 2 N–H and O–H groups in total. The van der Waals surface area contributed by atoms with Gasteiger partial charge in [-0.15, -0.1) is 24.0 Å². The van der Waals surface area contributed by atoms with Crippen LogP contribution >= 0.6 is 24.0 Å². The number of sulfone groups is 1. The summed E-state index contributed by atoms with van der Waals surface area (Å²) >= 11 is 0. The fourth-order valence-corrected chi connectivity index (χ4v) is 1.96. The van der Waals surface area contributed by atoms with Crippen LogP contribution in [0.5, 0.6) is 0 Å². The van der Waals surface area contributed by atoms with Gasteiger partial charge in [-0.05, 0) is 19.3 Å². The molecule has 0 aliphatic carbocycles. The first kappa shape index (κ1) is 26.1. The molecule has 0 heterocycles. The molecule has 9 heteroatoms. The average molecular weight is 479 g/mol. The molecule has 0 atom stereocenters. The normalized spacial score (nSPS) is 12.1. The van der Waals surface area contributed by atoms with E-state index >= 15 is 0 Å². The summed E-state index contributed by atoms with van der Waals surface area (Å²) < 4.78 is 32.7. The van der Waals surface area contributed by atoms with E-state index in [1.165, 1.54) is 6.26 Å². The maximum atomic E-state index is 10.9. The molecule has 24 heavy (non-hydrogen) atoms. The SMILES string of the molecule is CCNC(=NCCOCCS(C)(=O)=O)NCCOCCC(C)C.I. The highest BCUT2D eigenvalue weighted by molar-refractivity contribution is 14.0. The van der Waals surface area contributed by atoms with Gasteiger partial charge in [-0.1, -0.05) is 13.8 Å². The second-order valence-corrected chi connectivity index (χ2v) is 7.98. The Balaban J connectivity index is 0. The molecule has 0 unspecified atom stereocenters. The summed E-state index contributed by atoms with van der Waals surface area (Å²) in [5.41, 5.74) is 0. The Bertz CT molecular complexity index is 417. The molecule has 0 fully saturated rings. The van der Waals surface area contributed by atoms with Gasteiger partial charge in [-0.2, -0.15) is 0 Å². The Morgan fingerprint density at radius 1 is 1.08 bits per heavy atom. The van der Waals surface area contributed by atoms with Gasteiger partial charge in [-0.3, -0.25) is 4.99 Å². The van der Waals surface area contributed by atoms with Crippen LogP contribution in [-0.4, -0.2) is 72.4 Å². The van der Waals surface area contributed by atoms with Crippen molar-refractivity contribution in [2.45, 2.75) is 27.2 Å². The van der Waals surface area contributed by atoms with Crippen LogP contribution in [0.3, 0.4) is 0 Å². The third kappa shape index (κ3) is 19.9. The van der Waals surface area contributed by atoms with Crippen LogP contribution < -0.4 is 10.6 Å². The lowest BCUT2D eigenvalue weighted by Crippen LogP contribution is -2.39. The molecule has 0 radical (unpaired) electrons. The number of rotatable bonds is 13. The van der Waals surface area contributed by atoms with Crippen molar-refractivity contribution in [3.63, 3.8) is 0 Å². The smallest absolute Gasteiger partial charge is 0.191 e. The van der Waals surface area contributed by atoms with E-state index in [0.717, 1.165) is 19.6 Å². The lowest BCUT2D eigenvalue weighted by atomic mass is 10.1. The maximum absolute atomic E-state index is 10.9. The molecule has 7 nitrogen and oxygen atoms in total. The van der Waals surface area contributed by atoms with Crippen LogP contribution in [0.15, 0.2) is 4.99 Å². The van der Waals surface area contributed by atoms with Gasteiger partial charge in [0, 0.05) is 26.0 Å². The zero-order valence-electron chi connectivity index (χ0n) is 15.3. The van der Waals surface area contributed by atoms with Crippen molar-refractivity contribution in [3.05, 3.63) is 0 Å². The first-order valence-electron chi connectivity index (χ1n) is 8.20. The fourth-order valence-electron chi connectivity index (χ4n) is 1.54. The largest absolute Gasteiger partial charge is 0.380 e. The average Bonchev–Trinajstić information content (AvgIpc) is 2.44. The zero-order valence-corrected chi connectivity index (χ0v) is 18.5. The molecule has 0 saturated heterocycles. The minimum absolute atomic E-state index is 0. The molecule has 0 bridgehead atoms. The van der Waals surface area contributed by atoms with Crippen LogP contribution in [0.1, 0.15) is 27.2 Å². The summed E-state index contributed by atoms with van der Waals surface area (Å²) in [7, 11) is -2.96. The molecular weight excluding hydrogens is 445 g/mol. The van der Waals surface area contributed by atoms with Crippen molar-refractivity contribution in [2.75, 3.05) is 58.1 Å². The number of halogens is 1. The summed E-state index contributed by atoms with van der Waals surface area (Å²) in [6, 6.07) is 0. The van der Waals surface area contributed by atoms with E-state index in [9.17, 15) is 8.42 Å². The summed E-state index contributed by atoms with van der Waals surface area (Å²) in [5, 5.41) is 6.33. The second kappa shape index (κ2) is 16.3. The van der Waals surface area contributed by atoms with Crippen LogP contribution in [0, 0.1) is 5.92 Å². The van der Waals surface area contributed by atoms with Crippen LogP contribution in [0.25, 0.3) is 0 Å². The molecule has 0 amide bonds. The van der Waals surface area contributed by atoms with Crippen LogP contribution in [-0.2, 0) is 19.3 Å². The van der Waals surface area contributed by atoms with E-state index in [0.29, 0.717) is 38.2 Å². The molecular formula is C15H34IN3O4S. The highest BCUT2D eigenvalue weighted by Crippen LogP contribution is 1.98. The van der Waals surface area contributed by atoms with E-state index in [4.69, 9.17) is 9.47 Å². The lowest BCUT2D eigenvalue weighted by molar-refractivity contribution is 0.128. The van der Waals surface area contributed by atoms with Gasteiger partial charge in [-0.25, -0.2) is 8.42 Å². The molecule has 0 aromatic rings. The number of aliphatic imine (C=N–C) groups is 1. The van der Waals surface area contributed by atoms with Crippen molar-refractivity contribution in [1.29, 1.82) is 0 Å². The first-order valence-corrected chi connectivity index (χ1v) is 10.3. The van der Waals surface area contributed by atoms with Gasteiger partial charge in [0.15, 0.2) is 5.96 Å². The number of guanidine groups is 1. The van der Waals surface area contributed by atoms with E-state index < -0.39 is 9.84 Å². The number of hydrogen-bond donors (Lipinski definition) is 2. The second-order valence-electron chi connectivity index (χ2n) is 5.72. The van der Waals surface area contributed by atoms with Crippen LogP contribution in [0.2, 0.25) is 0 Å². The molecule has 0 saturated carbocycles. The number of nitrogens with zero attached hydrogens (tertiary/aromatic N) is 1. The van der Waals surface area contributed by atoms with E-state index in [1.807, 2.05) is 6.92 Å². The highest BCUT2D eigenvalue weighted by atomic mass is 127. The minimum Gasteiger partial charge on any atom is -0.380 e. The van der Waals surface area contributed by atoms with Gasteiger partial charge >= 0.3 is 0 Å². The molecule has 0 aliphatic heterocycles. The maximum Gasteiger partial charge on any atom is 0.191 e. The molecule has 146 valence electrons. The van der Waals surface area contributed by atoms with E-state index in [2.05, 4.69) is 29.5 Å². The number of nitrogens with one attached hydrogen (secondary N) is 2. The first-order chi connectivity index (χ1) is 10.8. The summed E-state index contributed by atoms with van der Waals surface area (Å²) in [5.74, 6) is 1.42. The fraction of sp³-hybridized carbons (Fsp3) is 0.933. The molecule has 0 aromatic heterocycles. The quantitative estimate of drug-likeness (QED) is 0.179. The zero-order chi connectivity index (χ0) is 17.6. The van der Waals surface area contributed by atoms with Crippen molar-refractivity contribution >= 4 is 39.8 Å². The number of ether oxygens (including phenoxy) is 2. The Morgan fingerprint density at radius 3 is 2.33 bits per heavy atom. The Kier molecular flexibility index (Phi) is 17.8. The van der Waals surface area contributed by atoms with Gasteiger partial charge in [0.05, 0.1) is 32.1 Å². The van der Waals surface area contributed by atoms with E-state index in [1.54, 1.807) is 0 Å². The monoisotopic (exact) mass is 479 g/mol. The predicted molar refractivity (Wildman–Crippen MR) is 110 cm³/mol. The topological polar surface area (TPSA) is 89.0 Å². The molecule has 0 aliphatic rings. The molecule has 0 spiro atoms. The van der Waals surface area contributed by atoms with Gasteiger partial charge in [0.25, 0.3) is 0 Å². The van der Waals surface area contributed by atoms with Gasteiger partial charge in [0.2, 0.25) is 0 Å². The third-order valence-electron chi connectivity index (χ3n) is 2.83. The Labute approximate surface area is 164 Å².